The first-order chi connectivity index (χ1) is 5.92. The van der Waals surface area contributed by atoms with Gasteiger partial charge in [0.1, 0.15) is 0 Å². The Morgan fingerprint density at radius 1 is 1.33 bits per heavy atom. The van der Waals surface area contributed by atoms with Gasteiger partial charge in [0.25, 0.3) is 0 Å². The van der Waals surface area contributed by atoms with Gasteiger partial charge in [-0.15, -0.1) is 0 Å². The predicted octanol–water partition coefficient (Wildman–Crippen LogP) is 0.684. The molecule has 0 bridgehead atoms. The normalized spacial score (nSPS) is 36.9. The molecule has 0 saturated carbocycles. The van der Waals surface area contributed by atoms with E-state index in [0.29, 0.717) is 6.17 Å². The Kier molecular flexibility index (Phi) is 2.29. The molecule has 2 heterocycles. The van der Waals surface area contributed by atoms with Crippen molar-refractivity contribution in [3.05, 3.63) is 0 Å². The number of nitrogens with one attached hydrogen (secondary N) is 1. The molecule has 0 amide bonds. The average molecular weight is 165 g/mol. The lowest BCUT2D eigenvalue weighted by Gasteiger charge is -2.26. The fourth-order valence-corrected chi connectivity index (χ4v) is 2.25. The minimum atomic E-state index is 0.181. The SMILES string of the molecule is N#CC1CCCN1C1CCCN1. The van der Waals surface area contributed by atoms with E-state index in [-0.39, 0.29) is 6.04 Å². The molecule has 0 radical (unpaired) electrons. The van der Waals surface area contributed by atoms with Crippen molar-refractivity contribution in [2.75, 3.05) is 13.1 Å². The number of rotatable bonds is 1. The third-order valence-electron chi connectivity index (χ3n) is 2.88. The fraction of sp³-hybridized carbons (Fsp3) is 0.889. The molecule has 1 N–H and O–H groups in total. The number of nitriles is 1. The Hall–Kier alpha value is -0.590. The Morgan fingerprint density at radius 3 is 2.92 bits per heavy atom. The topological polar surface area (TPSA) is 39.1 Å². The van der Waals surface area contributed by atoms with E-state index in [9.17, 15) is 0 Å². The van der Waals surface area contributed by atoms with E-state index in [2.05, 4.69) is 16.3 Å². The molecule has 2 unspecified atom stereocenters. The van der Waals surface area contributed by atoms with Gasteiger partial charge in [-0.2, -0.15) is 5.26 Å². The molecule has 2 saturated heterocycles. The van der Waals surface area contributed by atoms with E-state index in [1.165, 1.54) is 19.3 Å². The maximum atomic E-state index is 8.88. The van der Waals surface area contributed by atoms with Crippen LogP contribution in [0.1, 0.15) is 25.7 Å². The van der Waals surface area contributed by atoms with Crippen molar-refractivity contribution < 1.29 is 0 Å². The minimum Gasteiger partial charge on any atom is -0.302 e. The zero-order valence-corrected chi connectivity index (χ0v) is 7.29. The van der Waals surface area contributed by atoms with Crippen molar-refractivity contribution >= 4 is 0 Å². The van der Waals surface area contributed by atoms with E-state index >= 15 is 0 Å². The number of nitrogens with zero attached hydrogens (tertiary/aromatic N) is 2. The summed E-state index contributed by atoms with van der Waals surface area (Å²) in [4.78, 5) is 2.33. The van der Waals surface area contributed by atoms with Gasteiger partial charge in [0.15, 0.2) is 0 Å². The van der Waals surface area contributed by atoms with E-state index < -0.39 is 0 Å². The molecule has 12 heavy (non-hydrogen) atoms. The maximum Gasteiger partial charge on any atom is 0.0990 e. The largest absolute Gasteiger partial charge is 0.302 e. The van der Waals surface area contributed by atoms with Gasteiger partial charge in [-0.05, 0) is 32.2 Å². The monoisotopic (exact) mass is 165 g/mol. The molecule has 0 spiro atoms. The number of likely N-dealkylation sites (tertiary alicyclic amines) is 1. The molecule has 0 aromatic heterocycles. The highest BCUT2D eigenvalue weighted by Crippen LogP contribution is 2.22. The van der Waals surface area contributed by atoms with Crippen LogP contribution in [0, 0.1) is 11.3 Å². The summed E-state index contributed by atoms with van der Waals surface area (Å²) in [5.74, 6) is 0. The van der Waals surface area contributed by atoms with Crippen molar-refractivity contribution in [1.82, 2.24) is 10.2 Å². The summed E-state index contributed by atoms with van der Waals surface area (Å²) in [6.07, 6.45) is 5.24. The Bertz CT molecular complexity index is 190. The molecular weight excluding hydrogens is 150 g/mol. The van der Waals surface area contributed by atoms with Crippen LogP contribution in [0.3, 0.4) is 0 Å². The lowest BCUT2D eigenvalue weighted by molar-refractivity contribution is 0.194. The first-order valence-corrected chi connectivity index (χ1v) is 4.80. The molecule has 3 heteroatoms. The third-order valence-corrected chi connectivity index (χ3v) is 2.88. The van der Waals surface area contributed by atoms with Crippen LogP contribution in [0.5, 0.6) is 0 Å². The summed E-state index contributed by atoms with van der Waals surface area (Å²) in [6, 6.07) is 2.56. The molecular formula is C9H15N3. The van der Waals surface area contributed by atoms with Crippen molar-refractivity contribution in [2.45, 2.75) is 37.9 Å². The van der Waals surface area contributed by atoms with E-state index in [4.69, 9.17) is 5.26 Å². The molecule has 2 rings (SSSR count). The van der Waals surface area contributed by atoms with Crippen molar-refractivity contribution in [2.24, 2.45) is 0 Å². The van der Waals surface area contributed by atoms with Crippen molar-refractivity contribution in [1.29, 1.82) is 5.26 Å². The summed E-state index contributed by atoms with van der Waals surface area (Å²) in [6.45, 7) is 2.23. The second kappa shape index (κ2) is 3.42. The zero-order chi connectivity index (χ0) is 8.39. The molecule has 2 atom stereocenters. The van der Waals surface area contributed by atoms with Crippen LogP contribution in [0.15, 0.2) is 0 Å². The van der Waals surface area contributed by atoms with Gasteiger partial charge in [0.05, 0.1) is 18.3 Å². The van der Waals surface area contributed by atoms with Crippen molar-refractivity contribution in [3.63, 3.8) is 0 Å². The molecule has 0 aromatic carbocycles. The molecule has 3 nitrogen and oxygen atoms in total. The van der Waals surface area contributed by atoms with Crippen LogP contribution < -0.4 is 5.32 Å². The highest BCUT2D eigenvalue weighted by atomic mass is 15.3. The van der Waals surface area contributed by atoms with Crippen LogP contribution in [0.4, 0.5) is 0 Å². The van der Waals surface area contributed by atoms with Gasteiger partial charge in [-0.1, -0.05) is 0 Å². The molecule has 66 valence electrons. The summed E-state index contributed by atoms with van der Waals surface area (Å²) in [5, 5.41) is 12.3. The second-order valence-corrected chi connectivity index (χ2v) is 3.64. The highest BCUT2D eigenvalue weighted by molar-refractivity contribution is 4.98. The summed E-state index contributed by atoms with van der Waals surface area (Å²) < 4.78 is 0. The lowest BCUT2D eigenvalue weighted by atomic mass is 10.2. The van der Waals surface area contributed by atoms with Crippen LogP contribution in [0.25, 0.3) is 0 Å². The summed E-state index contributed by atoms with van der Waals surface area (Å²) in [7, 11) is 0. The highest BCUT2D eigenvalue weighted by Gasteiger charge is 2.31. The molecule has 0 aromatic rings. The maximum absolute atomic E-state index is 8.88. The minimum absolute atomic E-state index is 0.181. The van der Waals surface area contributed by atoms with Gasteiger partial charge >= 0.3 is 0 Å². The van der Waals surface area contributed by atoms with Gasteiger partial charge in [-0.25, -0.2) is 0 Å². The van der Waals surface area contributed by atoms with Crippen LogP contribution in [-0.2, 0) is 0 Å². The quantitative estimate of drug-likeness (QED) is 0.621. The van der Waals surface area contributed by atoms with Gasteiger partial charge in [0.2, 0.25) is 0 Å². The Morgan fingerprint density at radius 2 is 2.25 bits per heavy atom. The fourth-order valence-electron chi connectivity index (χ4n) is 2.25. The van der Waals surface area contributed by atoms with Gasteiger partial charge in [0, 0.05) is 6.54 Å². The van der Waals surface area contributed by atoms with Gasteiger partial charge < -0.3 is 5.32 Å². The molecule has 2 fully saturated rings. The second-order valence-electron chi connectivity index (χ2n) is 3.64. The Labute approximate surface area is 73.3 Å². The van der Waals surface area contributed by atoms with Crippen LogP contribution in [0.2, 0.25) is 0 Å². The Balaban J connectivity index is 1.97. The molecule has 0 aliphatic carbocycles. The van der Waals surface area contributed by atoms with Crippen LogP contribution >= 0.6 is 0 Å². The summed E-state index contributed by atoms with van der Waals surface area (Å²) in [5.41, 5.74) is 0. The first-order valence-electron chi connectivity index (χ1n) is 4.80. The average Bonchev–Trinajstić information content (AvgIpc) is 2.74. The van der Waals surface area contributed by atoms with Crippen LogP contribution in [-0.4, -0.2) is 30.2 Å². The molecule has 2 aliphatic heterocycles. The standard InChI is InChI=1S/C9H15N3/c10-7-8-3-2-6-12(8)9-4-1-5-11-9/h8-9,11H,1-6H2. The third kappa shape index (κ3) is 1.33. The van der Waals surface area contributed by atoms with Gasteiger partial charge in [-0.3, -0.25) is 4.90 Å². The zero-order valence-electron chi connectivity index (χ0n) is 7.29. The van der Waals surface area contributed by atoms with E-state index in [1.54, 1.807) is 0 Å². The number of hydrogen-bond donors (Lipinski definition) is 1. The lowest BCUT2D eigenvalue weighted by Crippen LogP contribution is -2.44. The smallest absolute Gasteiger partial charge is 0.0990 e. The van der Waals surface area contributed by atoms with E-state index in [1.807, 2.05) is 0 Å². The van der Waals surface area contributed by atoms with E-state index in [0.717, 1.165) is 19.5 Å². The molecule has 2 aliphatic rings. The predicted molar refractivity (Wildman–Crippen MR) is 46.4 cm³/mol. The summed E-state index contributed by atoms with van der Waals surface area (Å²) >= 11 is 0. The van der Waals surface area contributed by atoms with Crippen molar-refractivity contribution in [3.8, 4) is 6.07 Å². The number of hydrogen-bond acceptors (Lipinski definition) is 3. The first kappa shape index (κ1) is 8.03.